The van der Waals surface area contributed by atoms with E-state index in [-0.39, 0.29) is 17.5 Å². The highest BCUT2D eigenvalue weighted by Gasteiger charge is 2.34. The predicted molar refractivity (Wildman–Crippen MR) is 74.5 cm³/mol. The van der Waals surface area contributed by atoms with Crippen molar-refractivity contribution in [3.05, 3.63) is 41.0 Å². The number of ether oxygens (including phenoxy) is 1. The lowest BCUT2D eigenvalue weighted by Crippen LogP contribution is -2.13. The number of fused-ring (bicyclic) bond motifs is 1. The van der Waals surface area contributed by atoms with Crippen LogP contribution in [-0.4, -0.2) is 23.3 Å². The average Bonchev–Trinajstić information content (AvgIpc) is 3.24. The van der Waals surface area contributed by atoms with Crippen LogP contribution in [-0.2, 0) is 0 Å². The monoisotopic (exact) mass is 305 g/mol. The summed E-state index contributed by atoms with van der Waals surface area (Å²) in [6.45, 7) is 0.473. The Morgan fingerprint density at radius 2 is 2.19 bits per heavy atom. The molecule has 1 fully saturated rings. The van der Waals surface area contributed by atoms with E-state index in [1.807, 2.05) is 0 Å². The molecule has 0 N–H and O–H groups in total. The normalized spacial score (nSPS) is 17.2. The second kappa shape index (κ2) is 4.87. The Morgan fingerprint density at radius 3 is 3.00 bits per heavy atom. The van der Waals surface area contributed by atoms with Crippen LogP contribution in [0.2, 0.25) is 0 Å². The summed E-state index contributed by atoms with van der Waals surface area (Å²) in [5, 5.41) is 3.74. The lowest BCUT2D eigenvalue weighted by molar-refractivity contribution is 0.103. The number of benzene rings is 1. The highest BCUT2D eigenvalue weighted by molar-refractivity contribution is 7.99. The number of thioether (sulfide) groups is 1. The SMILES string of the molecule is O=C(c1cnoc1C1CC1)c1ccc(F)c2c1OCCS2. The second-order valence-corrected chi connectivity index (χ2v) is 6.26. The van der Waals surface area contributed by atoms with Gasteiger partial charge in [0, 0.05) is 11.7 Å². The number of ketones is 1. The van der Waals surface area contributed by atoms with E-state index in [1.165, 1.54) is 30.1 Å². The number of carbonyl (C=O) groups excluding carboxylic acids is 1. The van der Waals surface area contributed by atoms with Gasteiger partial charge in [0.2, 0.25) is 5.78 Å². The van der Waals surface area contributed by atoms with E-state index in [0.717, 1.165) is 12.8 Å². The quantitative estimate of drug-likeness (QED) is 0.813. The van der Waals surface area contributed by atoms with E-state index in [4.69, 9.17) is 9.26 Å². The Morgan fingerprint density at radius 1 is 1.33 bits per heavy atom. The molecule has 0 atom stereocenters. The molecule has 2 heterocycles. The first-order valence-electron chi connectivity index (χ1n) is 6.83. The van der Waals surface area contributed by atoms with Crippen LogP contribution < -0.4 is 4.74 Å². The zero-order valence-electron chi connectivity index (χ0n) is 11.1. The molecule has 6 heteroatoms. The van der Waals surface area contributed by atoms with Crippen molar-refractivity contribution in [2.75, 3.05) is 12.4 Å². The molecule has 1 aliphatic heterocycles. The fraction of sp³-hybridized carbons (Fsp3) is 0.333. The average molecular weight is 305 g/mol. The van der Waals surface area contributed by atoms with Gasteiger partial charge in [-0.1, -0.05) is 5.16 Å². The van der Waals surface area contributed by atoms with Crippen LogP contribution >= 0.6 is 11.8 Å². The van der Waals surface area contributed by atoms with Gasteiger partial charge in [0.05, 0.1) is 28.8 Å². The van der Waals surface area contributed by atoms with Gasteiger partial charge in [-0.05, 0) is 25.0 Å². The van der Waals surface area contributed by atoms with Gasteiger partial charge < -0.3 is 9.26 Å². The van der Waals surface area contributed by atoms with E-state index in [9.17, 15) is 9.18 Å². The molecule has 0 saturated heterocycles. The number of rotatable bonds is 3. The maximum atomic E-state index is 13.8. The molecule has 1 saturated carbocycles. The minimum Gasteiger partial charge on any atom is -0.491 e. The van der Waals surface area contributed by atoms with Crippen LogP contribution in [0.1, 0.15) is 40.4 Å². The first-order chi connectivity index (χ1) is 10.3. The smallest absolute Gasteiger partial charge is 0.202 e. The van der Waals surface area contributed by atoms with Crippen LogP contribution in [0.25, 0.3) is 0 Å². The summed E-state index contributed by atoms with van der Waals surface area (Å²) in [6, 6.07) is 2.80. The molecule has 0 amide bonds. The van der Waals surface area contributed by atoms with E-state index >= 15 is 0 Å². The molecule has 21 heavy (non-hydrogen) atoms. The van der Waals surface area contributed by atoms with Gasteiger partial charge in [0.1, 0.15) is 11.6 Å². The number of hydrogen-bond donors (Lipinski definition) is 0. The molecular formula is C15H12FNO3S. The molecule has 4 nitrogen and oxygen atoms in total. The number of hydrogen-bond acceptors (Lipinski definition) is 5. The van der Waals surface area contributed by atoms with Crippen molar-refractivity contribution in [2.45, 2.75) is 23.7 Å². The van der Waals surface area contributed by atoms with Crippen LogP contribution in [0, 0.1) is 5.82 Å². The second-order valence-electron chi connectivity index (χ2n) is 5.16. The molecule has 1 aliphatic carbocycles. The van der Waals surface area contributed by atoms with Crippen LogP contribution in [0.3, 0.4) is 0 Å². The third-order valence-electron chi connectivity index (χ3n) is 3.68. The predicted octanol–water partition coefficient (Wildman–Crippen LogP) is 3.41. The van der Waals surface area contributed by atoms with Crippen LogP contribution in [0.5, 0.6) is 5.75 Å². The Bertz CT molecular complexity index is 724. The van der Waals surface area contributed by atoms with Crippen molar-refractivity contribution in [3.63, 3.8) is 0 Å². The lowest BCUT2D eigenvalue weighted by atomic mass is 10.0. The molecule has 0 unspecified atom stereocenters. The van der Waals surface area contributed by atoms with Gasteiger partial charge in [-0.25, -0.2) is 4.39 Å². The molecule has 1 aromatic carbocycles. The van der Waals surface area contributed by atoms with E-state index < -0.39 is 0 Å². The topological polar surface area (TPSA) is 52.3 Å². The highest BCUT2D eigenvalue weighted by Crippen LogP contribution is 2.43. The maximum absolute atomic E-state index is 13.8. The molecule has 2 aliphatic rings. The van der Waals surface area contributed by atoms with E-state index in [1.54, 1.807) is 0 Å². The van der Waals surface area contributed by atoms with Gasteiger partial charge in [-0.3, -0.25) is 4.79 Å². The van der Waals surface area contributed by atoms with Crippen molar-refractivity contribution in [1.29, 1.82) is 0 Å². The first-order valence-corrected chi connectivity index (χ1v) is 7.81. The standard InChI is InChI=1S/C15H12FNO3S/c16-11-4-3-9(14-15(11)21-6-5-19-14)12(18)10-7-17-20-13(10)8-1-2-8/h3-4,7-8H,1-2,5-6H2. The Hall–Kier alpha value is -1.82. The zero-order chi connectivity index (χ0) is 14.4. The summed E-state index contributed by atoms with van der Waals surface area (Å²) in [4.78, 5) is 13.1. The van der Waals surface area contributed by atoms with Crippen LogP contribution in [0.4, 0.5) is 4.39 Å². The third-order valence-corrected chi connectivity index (χ3v) is 4.72. The highest BCUT2D eigenvalue weighted by atomic mass is 32.2. The maximum Gasteiger partial charge on any atom is 0.202 e. The van der Waals surface area contributed by atoms with Crippen molar-refractivity contribution in [2.24, 2.45) is 0 Å². The summed E-state index contributed by atoms with van der Waals surface area (Å²) in [6.07, 6.45) is 3.48. The molecule has 0 bridgehead atoms. The molecule has 1 aromatic heterocycles. The van der Waals surface area contributed by atoms with Gasteiger partial charge in [-0.2, -0.15) is 0 Å². The summed E-state index contributed by atoms with van der Waals surface area (Å²) in [5.41, 5.74) is 0.842. The summed E-state index contributed by atoms with van der Waals surface area (Å²) in [7, 11) is 0. The zero-order valence-corrected chi connectivity index (χ0v) is 11.9. The Balaban J connectivity index is 1.79. The minimum absolute atomic E-state index is 0.211. The first kappa shape index (κ1) is 12.9. The van der Waals surface area contributed by atoms with Gasteiger partial charge in [0.15, 0.2) is 5.76 Å². The van der Waals surface area contributed by atoms with Crippen molar-refractivity contribution in [3.8, 4) is 5.75 Å². The molecule has 0 radical (unpaired) electrons. The fourth-order valence-corrected chi connectivity index (χ4v) is 3.36. The summed E-state index contributed by atoms with van der Waals surface area (Å²) in [5.74, 6) is 1.40. The van der Waals surface area contributed by atoms with Crippen molar-refractivity contribution >= 4 is 17.5 Å². The lowest BCUT2D eigenvalue weighted by Gasteiger charge is -2.19. The third kappa shape index (κ3) is 2.14. The molecule has 4 rings (SSSR count). The number of halogens is 1. The largest absolute Gasteiger partial charge is 0.491 e. The van der Waals surface area contributed by atoms with Crippen LogP contribution in [0.15, 0.2) is 27.7 Å². The number of aromatic nitrogens is 1. The van der Waals surface area contributed by atoms with Gasteiger partial charge in [0.25, 0.3) is 0 Å². The van der Waals surface area contributed by atoms with E-state index in [0.29, 0.717) is 39.9 Å². The number of nitrogens with zero attached hydrogens (tertiary/aromatic N) is 1. The Labute approximate surface area is 124 Å². The molecular weight excluding hydrogens is 293 g/mol. The summed E-state index contributed by atoms with van der Waals surface area (Å²) < 4.78 is 24.6. The minimum atomic E-state index is -0.348. The van der Waals surface area contributed by atoms with E-state index in [2.05, 4.69) is 5.16 Å². The molecule has 2 aromatic rings. The number of carbonyl (C=O) groups is 1. The summed E-state index contributed by atoms with van der Waals surface area (Å²) >= 11 is 1.38. The van der Waals surface area contributed by atoms with Gasteiger partial charge >= 0.3 is 0 Å². The Kier molecular flexibility index (Phi) is 2.99. The fourth-order valence-electron chi connectivity index (χ4n) is 2.49. The van der Waals surface area contributed by atoms with Crippen molar-refractivity contribution in [1.82, 2.24) is 5.16 Å². The van der Waals surface area contributed by atoms with Gasteiger partial charge in [-0.15, -0.1) is 11.8 Å². The molecule has 108 valence electrons. The van der Waals surface area contributed by atoms with Crippen molar-refractivity contribution < 1.29 is 18.4 Å². The molecule has 0 spiro atoms.